The number of cyclic esters (lactones) is 2. The third-order valence-electron chi connectivity index (χ3n) is 26.2. The van der Waals surface area contributed by atoms with E-state index in [0.29, 0.717) is 25.7 Å². The third kappa shape index (κ3) is 25.6. The molecular formula is C91H155FN2O29Si. The number of likely N-dealkylation sites (N-methyl/N-ethyl adjacent to an activating group) is 2. The number of halogens is 1. The molecule has 7 heterocycles. The summed E-state index contributed by atoms with van der Waals surface area (Å²) in [4.78, 5) is 97.3. The Labute approximate surface area is 738 Å². The second-order valence-corrected chi connectivity index (χ2v) is 43.2. The van der Waals surface area contributed by atoms with Gasteiger partial charge in [0.15, 0.2) is 74.9 Å². The zero-order chi connectivity index (χ0) is 94.1. The molecule has 0 radical (unpaired) electrons. The maximum atomic E-state index is 17.5. The van der Waals surface area contributed by atoms with E-state index >= 15 is 4.39 Å². The Morgan fingerprint density at radius 1 is 0.540 bits per heavy atom. The monoisotopic (exact) mass is 1790 g/mol. The van der Waals surface area contributed by atoms with Crippen LogP contribution in [0, 0.1) is 35.5 Å². The van der Waals surface area contributed by atoms with Crippen molar-refractivity contribution >= 4 is 49.9 Å². The van der Waals surface area contributed by atoms with Gasteiger partial charge in [0, 0.05) is 91.3 Å². The second-order valence-electron chi connectivity index (χ2n) is 38.7. The number of hydrogen-bond donors (Lipinski definition) is 2. The van der Waals surface area contributed by atoms with Crippen LogP contribution in [0.1, 0.15) is 218 Å². The molecule has 0 saturated carbocycles. The van der Waals surface area contributed by atoms with Crippen molar-refractivity contribution in [2.75, 3.05) is 55.6 Å². The van der Waals surface area contributed by atoms with Crippen LogP contribution >= 0.6 is 0 Å². The Hall–Kier alpha value is -5.02. The van der Waals surface area contributed by atoms with Crippen molar-refractivity contribution in [1.82, 2.24) is 9.80 Å². The molecule has 6 fully saturated rings. The number of methoxy groups -OCH3 is 2. The molecule has 7 aliphatic rings. The molecule has 6 saturated heterocycles. The van der Waals surface area contributed by atoms with Crippen molar-refractivity contribution in [3.63, 3.8) is 0 Å². The van der Waals surface area contributed by atoms with Crippen LogP contribution in [0.25, 0.3) is 0 Å². The lowest BCUT2D eigenvalue weighted by Gasteiger charge is -2.51. The summed E-state index contributed by atoms with van der Waals surface area (Å²) in [6, 6.07) is -0.637. The van der Waals surface area contributed by atoms with Gasteiger partial charge in [0.1, 0.15) is 34.8 Å². The molecule has 124 heavy (non-hydrogen) atoms. The summed E-state index contributed by atoms with van der Waals surface area (Å²) in [6.45, 7) is 54.3. The molecule has 33 heteroatoms. The van der Waals surface area contributed by atoms with Gasteiger partial charge in [-0.05, 0) is 176 Å². The van der Waals surface area contributed by atoms with Crippen LogP contribution in [0.3, 0.4) is 0 Å². The largest absolute Gasteiger partial charge is 0.485 e. The van der Waals surface area contributed by atoms with E-state index in [1.54, 1.807) is 68.6 Å². The number of carbonyl (C=O) groups excluding carboxylic acids is 7. The SMILES string of the molecule is C=CCO[C@]1(C)C/C(C)=C2/OC(C)([C@H](O[Si](C)(C)C)[C@H]2C)[C@@H](CC)OC(=O)[C@H](C)[C@@H](OC2C[C@@](C)(OC)[C@@H](OC(C)=O)[C@H](C)O2)[C@H](C)[C@H]1O[C@@H]1O[C@H](C)C[C@H](N(C)C)[C@H]1OC(C)=O.C=CCO[C@]1(C)C[C@](C)(F)C(=O)[C@H](C)[C@@H](O)[C@](C)(O)[C@@H](CC)OC(=O)[C@H](C)[C@@H](OC2C[C@@](C)(OC)[C@@H](OC(C)=O)[C@H](C)O2)[C@H](C)[C@H]1O[C@@H]1O[C@H](C)C[C@H](N(C)C)[C@H]1OC(C)=O. The lowest BCUT2D eigenvalue weighted by atomic mass is 9.72. The maximum absolute atomic E-state index is 17.5. The molecule has 2 bridgehead atoms. The molecule has 35 atom stereocenters. The predicted octanol–water partition coefficient (Wildman–Crippen LogP) is 11.3. The van der Waals surface area contributed by atoms with Gasteiger partial charge in [0.2, 0.25) is 0 Å². The molecule has 0 aromatic carbocycles. The number of ketones is 1. The average Bonchev–Trinajstić information content (AvgIpc) is 1.48. The fourth-order valence-electron chi connectivity index (χ4n) is 19.9. The Balaban J connectivity index is 0.000000384. The van der Waals surface area contributed by atoms with E-state index in [2.05, 4.69) is 39.7 Å². The number of rotatable bonds is 26. The summed E-state index contributed by atoms with van der Waals surface area (Å²) in [5.41, 5.74) is -10.2. The van der Waals surface area contributed by atoms with Gasteiger partial charge >= 0.3 is 35.8 Å². The average molecular weight is 1790 g/mol. The molecular weight excluding hydrogens is 1630 g/mol. The summed E-state index contributed by atoms with van der Waals surface area (Å²) in [5.74, 6) is -9.15. The van der Waals surface area contributed by atoms with Gasteiger partial charge in [0.05, 0.1) is 109 Å². The summed E-state index contributed by atoms with van der Waals surface area (Å²) in [5, 5.41) is 23.3. The Morgan fingerprint density at radius 3 is 1.29 bits per heavy atom. The normalized spacial score (nSPS) is 43.6. The Morgan fingerprint density at radius 2 is 0.927 bits per heavy atom. The first-order chi connectivity index (χ1) is 57.2. The smallest absolute Gasteiger partial charge is 0.311 e. The minimum Gasteiger partial charge on any atom is -0.485 e. The lowest BCUT2D eigenvalue weighted by Crippen LogP contribution is -2.63. The number of fused-ring (bicyclic) bond motifs is 2. The van der Waals surface area contributed by atoms with Gasteiger partial charge in [-0.3, -0.25) is 33.6 Å². The first kappa shape index (κ1) is 108. The van der Waals surface area contributed by atoms with Crippen molar-refractivity contribution in [2.45, 2.75) is 411 Å². The third-order valence-corrected chi connectivity index (χ3v) is 27.2. The molecule has 7 aliphatic heterocycles. The number of Topliss-reactive ketones (excluding diaryl/α,β-unsaturated/α-hetero) is 1. The lowest BCUT2D eigenvalue weighted by molar-refractivity contribution is -0.322. The number of hydrogen-bond acceptors (Lipinski definition) is 31. The van der Waals surface area contributed by atoms with E-state index in [-0.39, 0.29) is 50.5 Å². The van der Waals surface area contributed by atoms with Crippen molar-refractivity contribution in [1.29, 1.82) is 0 Å². The zero-order valence-corrected chi connectivity index (χ0v) is 81.5. The molecule has 2 N–H and O–H groups in total. The minimum absolute atomic E-state index is 0.0161. The van der Waals surface area contributed by atoms with Crippen molar-refractivity contribution in [2.24, 2.45) is 35.5 Å². The summed E-state index contributed by atoms with van der Waals surface area (Å²) in [6.07, 6.45) is -14.1. The molecule has 0 aromatic rings. The fraction of sp³-hybridized carbons (Fsp3) is 0.857. The number of esters is 6. The van der Waals surface area contributed by atoms with Crippen LogP contribution in [-0.4, -0.2) is 300 Å². The molecule has 0 aliphatic carbocycles. The quantitative estimate of drug-likeness (QED) is 0.0351. The fourth-order valence-corrected chi connectivity index (χ4v) is 21.1. The number of carbonyl (C=O) groups is 7. The number of nitrogens with zero attached hydrogens (tertiary/aromatic N) is 2. The van der Waals surface area contributed by atoms with E-state index in [1.165, 1.54) is 54.7 Å². The van der Waals surface area contributed by atoms with Gasteiger partial charge in [0.25, 0.3) is 0 Å². The first-order valence-corrected chi connectivity index (χ1v) is 47.6. The highest BCUT2D eigenvalue weighted by Crippen LogP contribution is 2.51. The molecule has 3 unspecified atom stereocenters. The molecule has 31 nitrogen and oxygen atoms in total. The first-order valence-electron chi connectivity index (χ1n) is 44.2. The number of ether oxygens (including phenoxy) is 19. The highest BCUT2D eigenvalue weighted by atomic mass is 28.4. The van der Waals surface area contributed by atoms with Gasteiger partial charge < -0.3 is 114 Å². The van der Waals surface area contributed by atoms with Crippen LogP contribution < -0.4 is 0 Å². The molecule has 0 amide bonds. The summed E-state index contributed by atoms with van der Waals surface area (Å²) in [7, 11) is 8.38. The number of aliphatic hydroxyl groups is 2. The van der Waals surface area contributed by atoms with Crippen molar-refractivity contribution < 1.29 is 143 Å². The van der Waals surface area contributed by atoms with Gasteiger partial charge in [-0.15, -0.1) is 13.2 Å². The van der Waals surface area contributed by atoms with Crippen LogP contribution in [0.4, 0.5) is 4.39 Å². The standard InChI is InChI=1S/C47H81NO14Si.C44H74FNO15/c1-20-22-53-46(12)24-26(3)37-28(5)41(62-63(17,18)19)47(13,61-37)35(21-2)58-43(51)30(7)38(59-36-25-45(11,52-16)42(31(8)55-36)57-33(10)50)29(6)40(46)60-44-39(56-32(9)49)34(48(14)15)23-27(4)54-44;1-17-19-54-43(12)22-41(10,45)35(49)26(6)36(50)44(13,52)31(18-2)59-39(51)25(5)33(60-32-21-42(11,53-16)38(27(7)56-32)58-29(9)48)24(4)37(43)61-40-34(57-28(8)47)30(46(14)15)20-23(3)55-40/h20,27-31,34-36,38-42,44H,1,21-25H2,2-19H3;17,23-27,30-34,36-38,40,50,52H,1,18-22H2,2-16H3/b37-26+;/t27-,28+,29+,30-,31+,34+,35-,36?,38+,39-,40-,41-,42+,44+,45-,46-,47?;23-,24+,25-,26+,27+,30+,31-,32?,33+,34-,36-,37-,38+,40+,41+,42-,43-,44-/m11/s1. The summed E-state index contributed by atoms with van der Waals surface area (Å²) < 4.78 is 147. The highest BCUT2D eigenvalue weighted by molar-refractivity contribution is 6.69. The van der Waals surface area contributed by atoms with Crippen LogP contribution in [0.2, 0.25) is 19.6 Å². The van der Waals surface area contributed by atoms with Gasteiger partial charge in [-0.25, -0.2) is 4.39 Å². The number of aliphatic hydroxyl groups excluding tert-OH is 1. The van der Waals surface area contributed by atoms with E-state index in [9.17, 15) is 43.8 Å². The van der Waals surface area contributed by atoms with Gasteiger partial charge in [-0.1, -0.05) is 53.7 Å². The molecule has 0 spiro atoms. The van der Waals surface area contributed by atoms with E-state index in [0.717, 1.165) is 18.3 Å². The van der Waals surface area contributed by atoms with E-state index in [4.69, 9.17) is 94.4 Å². The van der Waals surface area contributed by atoms with Crippen molar-refractivity contribution in [3.05, 3.63) is 36.6 Å². The molecule has 0 aromatic heterocycles. The second kappa shape index (κ2) is 43.8. The van der Waals surface area contributed by atoms with Crippen molar-refractivity contribution in [3.8, 4) is 0 Å². The summed E-state index contributed by atoms with van der Waals surface area (Å²) >= 11 is 0. The minimum atomic E-state index is -2.73. The van der Waals surface area contributed by atoms with Crippen LogP contribution in [-0.2, 0) is 128 Å². The van der Waals surface area contributed by atoms with E-state index < -0.39 is 248 Å². The maximum Gasteiger partial charge on any atom is 0.311 e. The molecule has 7 rings (SSSR count). The zero-order valence-electron chi connectivity index (χ0n) is 80.5. The number of alkyl halides is 1. The topological polar surface area (TPSA) is 351 Å². The van der Waals surface area contributed by atoms with Crippen LogP contribution in [0.5, 0.6) is 0 Å². The molecule has 714 valence electrons. The predicted molar refractivity (Wildman–Crippen MR) is 459 cm³/mol. The van der Waals surface area contributed by atoms with Crippen LogP contribution in [0.15, 0.2) is 36.6 Å². The highest BCUT2D eigenvalue weighted by Gasteiger charge is 2.62. The Bertz CT molecular complexity index is 3620. The van der Waals surface area contributed by atoms with E-state index in [1.807, 2.05) is 93.4 Å². The van der Waals surface area contributed by atoms with Gasteiger partial charge in [-0.2, -0.15) is 0 Å². The Kier molecular flexibility index (Phi) is 38.1.